The molecule has 0 saturated heterocycles. The molecule has 0 bridgehead atoms. The van der Waals surface area contributed by atoms with Gasteiger partial charge in [0, 0.05) is 17.6 Å². The average molecular weight is 334 g/mol. The minimum absolute atomic E-state index is 0.333. The highest BCUT2D eigenvalue weighted by atomic mass is 79.9. The topological polar surface area (TPSA) is 40.5 Å². The van der Waals surface area contributed by atoms with Crippen LogP contribution in [0.5, 0.6) is 0 Å². The zero-order valence-corrected chi connectivity index (χ0v) is 12.8. The van der Waals surface area contributed by atoms with Crippen LogP contribution >= 0.6 is 15.9 Å². The second-order valence-electron chi connectivity index (χ2n) is 4.80. The van der Waals surface area contributed by atoms with E-state index in [-0.39, 0.29) is 0 Å². The Kier molecular flexibility index (Phi) is 4.93. The summed E-state index contributed by atoms with van der Waals surface area (Å²) in [7, 11) is 2.02. The lowest BCUT2D eigenvalue weighted by Crippen LogP contribution is -2.17. The van der Waals surface area contributed by atoms with Crippen LogP contribution in [0.4, 0.5) is 0 Å². The maximum atomic E-state index is 10.9. The van der Waals surface area contributed by atoms with Crippen molar-refractivity contribution in [1.82, 2.24) is 4.90 Å². The molecular weight excluding hydrogens is 318 g/mol. The molecule has 0 unspecified atom stereocenters. The molecule has 4 heteroatoms. The summed E-state index contributed by atoms with van der Waals surface area (Å²) in [5, 5.41) is 8.99. The van der Waals surface area contributed by atoms with E-state index >= 15 is 0 Å². The van der Waals surface area contributed by atoms with Gasteiger partial charge in [0.1, 0.15) is 0 Å². The number of nitrogens with zero attached hydrogens (tertiary/aromatic N) is 1. The van der Waals surface area contributed by atoms with Gasteiger partial charge in [0.2, 0.25) is 0 Å². The molecule has 1 N–H and O–H groups in total. The maximum Gasteiger partial charge on any atom is 0.335 e. The van der Waals surface area contributed by atoms with Gasteiger partial charge in [0.05, 0.1) is 5.56 Å². The van der Waals surface area contributed by atoms with Gasteiger partial charge in [0.25, 0.3) is 0 Å². The summed E-state index contributed by atoms with van der Waals surface area (Å²) in [4.78, 5) is 13.1. The predicted octanol–water partition coefficient (Wildman–Crippen LogP) is 3.78. The van der Waals surface area contributed by atoms with Crippen molar-refractivity contribution in [2.45, 2.75) is 13.1 Å². The van der Waals surface area contributed by atoms with E-state index in [2.05, 4.69) is 33.0 Å². The standard InChI is InChI=1S/C16H16BrNO2/c1-18(10-12-5-7-15(17)8-6-12)11-13-3-2-4-14(9-13)16(19)20/h2-9H,10-11H2,1H3,(H,19,20). The Labute approximate surface area is 127 Å². The Balaban J connectivity index is 2.00. The van der Waals surface area contributed by atoms with Gasteiger partial charge in [-0.15, -0.1) is 0 Å². The molecule has 2 aromatic rings. The molecule has 0 heterocycles. The first kappa shape index (κ1) is 14.8. The van der Waals surface area contributed by atoms with E-state index in [1.807, 2.05) is 25.2 Å². The van der Waals surface area contributed by atoms with Crippen LogP contribution in [0.3, 0.4) is 0 Å². The molecule has 0 saturated carbocycles. The van der Waals surface area contributed by atoms with Gasteiger partial charge in [-0.2, -0.15) is 0 Å². The molecule has 0 spiro atoms. The number of halogens is 1. The molecule has 0 aliphatic rings. The van der Waals surface area contributed by atoms with E-state index in [0.29, 0.717) is 5.56 Å². The van der Waals surface area contributed by atoms with Crippen LogP contribution in [-0.4, -0.2) is 23.0 Å². The quantitative estimate of drug-likeness (QED) is 0.905. The van der Waals surface area contributed by atoms with E-state index in [9.17, 15) is 4.79 Å². The van der Waals surface area contributed by atoms with Crippen LogP contribution in [0.2, 0.25) is 0 Å². The molecule has 3 nitrogen and oxygen atoms in total. The van der Waals surface area contributed by atoms with Crippen LogP contribution in [0.1, 0.15) is 21.5 Å². The van der Waals surface area contributed by atoms with Crippen molar-refractivity contribution in [2.24, 2.45) is 0 Å². The molecule has 0 amide bonds. The highest BCUT2D eigenvalue weighted by molar-refractivity contribution is 9.10. The van der Waals surface area contributed by atoms with Crippen molar-refractivity contribution < 1.29 is 9.90 Å². The molecule has 2 rings (SSSR count). The summed E-state index contributed by atoms with van der Waals surface area (Å²) in [5.41, 5.74) is 2.56. The Morgan fingerprint density at radius 3 is 2.40 bits per heavy atom. The first-order valence-corrected chi connectivity index (χ1v) is 7.09. The van der Waals surface area contributed by atoms with Crippen LogP contribution < -0.4 is 0 Å². The number of carboxylic acids is 1. The molecule has 104 valence electrons. The van der Waals surface area contributed by atoms with E-state index in [0.717, 1.165) is 23.1 Å². The summed E-state index contributed by atoms with van der Waals surface area (Å²) in [6.07, 6.45) is 0. The smallest absolute Gasteiger partial charge is 0.335 e. The molecule has 0 radical (unpaired) electrons. The van der Waals surface area contributed by atoms with Crippen molar-refractivity contribution in [3.05, 3.63) is 69.7 Å². The van der Waals surface area contributed by atoms with Gasteiger partial charge in [-0.1, -0.05) is 40.2 Å². The van der Waals surface area contributed by atoms with Gasteiger partial charge >= 0.3 is 5.97 Å². The van der Waals surface area contributed by atoms with Gasteiger partial charge in [-0.05, 0) is 42.4 Å². The zero-order chi connectivity index (χ0) is 14.5. The highest BCUT2D eigenvalue weighted by Gasteiger charge is 2.06. The number of hydrogen-bond acceptors (Lipinski definition) is 2. The van der Waals surface area contributed by atoms with Crippen molar-refractivity contribution in [2.75, 3.05) is 7.05 Å². The van der Waals surface area contributed by atoms with Crippen LogP contribution in [0.15, 0.2) is 53.0 Å². The number of rotatable bonds is 5. The van der Waals surface area contributed by atoms with E-state index in [1.54, 1.807) is 18.2 Å². The monoisotopic (exact) mass is 333 g/mol. The van der Waals surface area contributed by atoms with Gasteiger partial charge in [-0.25, -0.2) is 4.79 Å². The number of carboxylic acid groups (broad SMARTS) is 1. The third kappa shape index (κ3) is 4.18. The lowest BCUT2D eigenvalue weighted by atomic mass is 10.1. The van der Waals surface area contributed by atoms with Crippen molar-refractivity contribution in [1.29, 1.82) is 0 Å². The summed E-state index contributed by atoms with van der Waals surface area (Å²) in [5.74, 6) is -0.887. The molecule has 20 heavy (non-hydrogen) atoms. The van der Waals surface area contributed by atoms with E-state index in [4.69, 9.17) is 5.11 Å². The van der Waals surface area contributed by atoms with E-state index in [1.165, 1.54) is 5.56 Å². The molecule has 0 aromatic heterocycles. The van der Waals surface area contributed by atoms with Gasteiger partial charge < -0.3 is 5.11 Å². The molecule has 0 aliphatic heterocycles. The second-order valence-corrected chi connectivity index (χ2v) is 5.72. The third-order valence-corrected chi connectivity index (χ3v) is 3.52. The van der Waals surface area contributed by atoms with Gasteiger partial charge in [0.15, 0.2) is 0 Å². The fourth-order valence-corrected chi connectivity index (χ4v) is 2.34. The molecule has 0 aliphatic carbocycles. The second kappa shape index (κ2) is 6.68. The SMILES string of the molecule is CN(Cc1ccc(Br)cc1)Cc1cccc(C(=O)O)c1. The summed E-state index contributed by atoms with van der Waals surface area (Å²) in [6.45, 7) is 1.54. The largest absolute Gasteiger partial charge is 0.478 e. The normalized spacial score (nSPS) is 10.8. The Bertz CT molecular complexity index is 596. The van der Waals surface area contributed by atoms with Crippen LogP contribution in [0, 0.1) is 0 Å². The molecule has 2 aromatic carbocycles. The number of benzene rings is 2. The first-order chi connectivity index (χ1) is 9.54. The number of carbonyl (C=O) groups is 1. The van der Waals surface area contributed by atoms with Crippen LogP contribution in [0.25, 0.3) is 0 Å². The molecular formula is C16H16BrNO2. The number of hydrogen-bond donors (Lipinski definition) is 1. The fraction of sp³-hybridized carbons (Fsp3) is 0.188. The van der Waals surface area contributed by atoms with Crippen molar-refractivity contribution >= 4 is 21.9 Å². The molecule has 0 fully saturated rings. The summed E-state index contributed by atoms with van der Waals surface area (Å²) >= 11 is 3.42. The lowest BCUT2D eigenvalue weighted by molar-refractivity contribution is 0.0696. The number of aromatic carboxylic acids is 1. The molecule has 0 atom stereocenters. The zero-order valence-electron chi connectivity index (χ0n) is 11.2. The Hall–Kier alpha value is -1.65. The minimum atomic E-state index is -0.887. The Morgan fingerprint density at radius 1 is 1.10 bits per heavy atom. The fourth-order valence-electron chi connectivity index (χ4n) is 2.07. The van der Waals surface area contributed by atoms with Gasteiger partial charge in [-0.3, -0.25) is 4.90 Å². The summed E-state index contributed by atoms with van der Waals surface area (Å²) < 4.78 is 1.07. The van der Waals surface area contributed by atoms with E-state index < -0.39 is 5.97 Å². The van der Waals surface area contributed by atoms with Crippen molar-refractivity contribution in [3.63, 3.8) is 0 Å². The third-order valence-electron chi connectivity index (χ3n) is 2.99. The maximum absolute atomic E-state index is 10.9. The predicted molar refractivity (Wildman–Crippen MR) is 82.7 cm³/mol. The van der Waals surface area contributed by atoms with Crippen LogP contribution in [-0.2, 0) is 13.1 Å². The van der Waals surface area contributed by atoms with Crippen molar-refractivity contribution in [3.8, 4) is 0 Å². The highest BCUT2D eigenvalue weighted by Crippen LogP contribution is 2.13. The lowest BCUT2D eigenvalue weighted by Gasteiger charge is -2.17. The Morgan fingerprint density at radius 2 is 1.75 bits per heavy atom. The minimum Gasteiger partial charge on any atom is -0.478 e. The summed E-state index contributed by atoms with van der Waals surface area (Å²) in [6, 6.07) is 15.3. The first-order valence-electron chi connectivity index (χ1n) is 6.30. The average Bonchev–Trinajstić information content (AvgIpc) is 2.41.